The van der Waals surface area contributed by atoms with Gasteiger partial charge in [-0.25, -0.2) is 0 Å². The second kappa shape index (κ2) is 6.22. The van der Waals surface area contributed by atoms with E-state index >= 15 is 0 Å². The van der Waals surface area contributed by atoms with Crippen molar-refractivity contribution in [3.63, 3.8) is 0 Å². The molecule has 25 heavy (non-hydrogen) atoms. The minimum absolute atomic E-state index is 0.753. The van der Waals surface area contributed by atoms with E-state index in [1.54, 1.807) is 0 Å². The molecule has 0 amide bonds. The van der Waals surface area contributed by atoms with Crippen LogP contribution in [0, 0.1) is 0 Å². The van der Waals surface area contributed by atoms with E-state index in [0.29, 0.717) is 0 Å². The topological polar surface area (TPSA) is 46.5 Å². The van der Waals surface area contributed by atoms with Crippen molar-refractivity contribution in [2.24, 2.45) is 7.05 Å². The van der Waals surface area contributed by atoms with Gasteiger partial charge < -0.3 is 0 Å². The lowest BCUT2D eigenvalue weighted by Crippen LogP contribution is -1.96. The van der Waals surface area contributed by atoms with E-state index in [-0.39, 0.29) is 0 Å². The van der Waals surface area contributed by atoms with E-state index in [1.807, 2.05) is 0 Å². The van der Waals surface area contributed by atoms with Crippen molar-refractivity contribution in [1.82, 2.24) is 20.0 Å². The number of nitrogens with zero attached hydrogens (tertiary/aromatic N) is 3. The Kier molecular flexibility index (Phi) is 4.12. The molecule has 2 aromatic rings. The molecule has 4 saturated carbocycles. The van der Waals surface area contributed by atoms with Crippen molar-refractivity contribution in [3.05, 3.63) is 31.7 Å². The number of hydrogen-bond acceptors (Lipinski definition) is 2. The molecule has 2 heterocycles. The minimum atomic E-state index is 0.753. The molecule has 4 fully saturated rings. The van der Waals surface area contributed by atoms with Crippen LogP contribution < -0.4 is 0 Å². The van der Waals surface area contributed by atoms with E-state index < -0.39 is 0 Å². The van der Waals surface area contributed by atoms with Crippen LogP contribution in [0.15, 0.2) is 8.95 Å². The molecule has 0 unspecified atom stereocenters. The van der Waals surface area contributed by atoms with Gasteiger partial charge in [0, 0.05) is 30.7 Å². The first-order valence-electron chi connectivity index (χ1n) is 9.59. The van der Waals surface area contributed by atoms with Gasteiger partial charge in [0.1, 0.15) is 0 Å². The van der Waals surface area contributed by atoms with Crippen LogP contribution in [0.3, 0.4) is 0 Å². The molecule has 134 valence electrons. The second-order valence-electron chi connectivity index (χ2n) is 8.14. The number of aromatic amines is 1. The minimum Gasteiger partial charge on any atom is -0.281 e. The zero-order valence-corrected chi connectivity index (χ0v) is 17.7. The first-order chi connectivity index (χ1) is 12.1. The molecule has 2 aromatic heterocycles. The molecule has 1 N–H and O–H groups in total. The molecule has 0 aliphatic heterocycles. The lowest BCUT2D eigenvalue weighted by atomic mass is 10.2. The Morgan fingerprint density at radius 1 is 0.800 bits per heavy atom. The van der Waals surface area contributed by atoms with E-state index in [1.165, 1.54) is 83.1 Å². The molecule has 0 radical (unpaired) electrons. The summed E-state index contributed by atoms with van der Waals surface area (Å²) in [4.78, 5) is 0. The molecule has 0 aromatic carbocycles. The predicted octanol–water partition coefficient (Wildman–Crippen LogP) is 5.86. The Hall–Kier alpha value is -0.620. The van der Waals surface area contributed by atoms with Crippen LogP contribution in [0.2, 0.25) is 0 Å². The third-order valence-electron chi connectivity index (χ3n) is 5.69. The van der Waals surface area contributed by atoms with E-state index in [9.17, 15) is 0 Å². The van der Waals surface area contributed by atoms with Crippen LogP contribution in [-0.4, -0.2) is 20.0 Å². The van der Waals surface area contributed by atoms with Crippen LogP contribution in [0.1, 0.15) is 97.8 Å². The molecule has 4 aliphatic carbocycles. The van der Waals surface area contributed by atoms with Crippen molar-refractivity contribution in [2.45, 2.75) is 75.0 Å². The maximum atomic E-state index is 4.60. The molecule has 6 heteroatoms. The fourth-order valence-electron chi connectivity index (χ4n) is 3.58. The average molecular weight is 468 g/mol. The summed E-state index contributed by atoms with van der Waals surface area (Å²) >= 11 is 7.34. The zero-order valence-electron chi connectivity index (χ0n) is 14.6. The van der Waals surface area contributed by atoms with Crippen LogP contribution >= 0.6 is 31.9 Å². The summed E-state index contributed by atoms with van der Waals surface area (Å²) in [6.45, 7) is 0. The number of halogens is 2. The molecule has 6 rings (SSSR count). The quantitative estimate of drug-likeness (QED) is 0.611. The van der Waals surface area contributed by atoms with Crippen molar-refractivity contribution in [1.29, 1.82) is 0 Å². The van der Waals surface area contributed by atoms with Gasteiger partial charge in [-0.1, -0.05) is 0 Å². The third-order valence-corrected chi connectivity index (χ3v) is 7.34. The third kappa shape index (κ3) is 3.36. The zero-order chi connectivity index (χ0) is 17.1. The van der Waals surface area contributed by atoms with Gasteiger partial charge in [-0.3, -0.25) is 9.78 Å². The highest BCUT2D eigenvalue weighted by atomic mass is 79.9. The summed E-state index contributed by atoms with van der Waals surface area (Å²) in [6, 6.07) is 0. The van der Waals surface area contributed by atoms with Crippen molar-refractivity contribution in [2.75, 3.05) is 0 Å². The number of aryl methyl sites for hydroxylation is 1. The molecule has 0 saturated heterocycles. The van der Waals surface area contributed by atoms with Crippen molar-refractivity contribution < 1.29 is 0 Å². The molecular formula is C19H24Br2N4. The van der Waals surface area contributed by atoms with Gasteiger partial charge in [0.15, 0.2) is 0 Å². The molecule has 0 atom stereocenters. The smallest absolute Gasteiger partial charge is 0.0800 e. The van der Waals surface area contributed by atoms with Gasteiger partial charge in [-0.15, -0.1) is 0 Å². The van der Waals surface area contributed by atoms with Gasteiger partial charge >= 0.3 is 0 Å². The molecule has 0 bridgehead atoms. The van der Waals surface area contributed by atoms with Gasteiger partial charge in [0.2, 0.25) is 0 Å². The highest BCUT2D eigenvalue weighted by Crippen LogP contribution is 2.49. The molecule has 4 aliphatic rings. The number of H-pyrrole nitrogens is 1. The number of nitrogens with one attached hydrogen (secondary N) is 1. The van der Waals surface area contributed by atoms with Gasteiger partial charge in [-0.2, -0.15) is 10.2 Å². The monoisotopic (exact) mass is 466 g/mol. The highest BCUT2D eigenvalue weighted by molar-refractivity contribution is 9.10. The Morgan fingerprint density at radius 2 is 1.36 bits per heavy atom. The standard InChI is InChI=1S/C10H13BrN2.C9H11BrN2/c1-13-10(7-4-5-7)8(11)9(12-13)6-2-3-6;10-7-8(5-1-2-5)11-12-9(7)6-3-4-6/h6-7H,2-5H2,1H3;5-6H,1-4H2,(H,11,12). The molecule has 0 spiro atoms. The highest BCUT2D eigenvalue weighted by Gasteiger charge is 2.36. The summed E-state index contributed by atoms with van der Waals surface area (Å²) in [5, 5.41) is 12.1. The maximum absolute atomic E-state index is 4.60. The predicted molar refractivity (Wildman–Crippen MR) is 105 cm³/mol. The Morgan fingerprint density at radius 3 is 1.92 bits per heavy atom. The Bertz CT molecular complexity index is 763. The SMILES string of the molecule is Brc1c(C2CC2)n[nH]c1C1CC1.Cn1nc(C2CC2)c(Br)c1C1CC1. The van der Waals surface area contributed by atoms with E-state index in [0.717, 1.165) is 23.7 Å². The van der Waals surface area contributed by atoms with E-state index in [2.05, 4.69) is 58.9 Å². The van der Waals surface area contributed by atoms with Crippen LogP contribution in [0.4, 0.5) is 0 Å². The van der Waals surface area contributed by atoms with Crippen LogP contribution in [-0.2, 0) is 7.05 Å². The summed E-state index contributed by atoms with van der Waals surface area (Å²) in [5.74, 6) is 3.08. The lowest BCUT2D eigenvalue weighted by Gasteiger charge is -1.97. The molecular weight excluding hydrogens is 444 g/mol. The Balaban J connectivity index is 0.000000112. The fraction of sp³-hybridized carbons (Fsp3) is 0.684. The fourth-order valence-corrected chi connectivity index (χ4v) is 5.39. The van der Waals surface area contributed by atoms with Gasteiger partial charge in [0.25, 0.3) is 0 Å². The van der Waals surface area contributed by atoms with Crippen molar-refractivity contribution >= 4 is 31.9 Å². The van der Waals surface area contributed by atoms with Gasteiger partial charge in [0.05, 0.1) is 31.7 Å². The Labute approximate surface area is 165 Å². The largest absolute Gasteiger partial charge is 0.281 e. The summed E-state index contributed by atoms with van der Waals surface area (Å²) < 4.78 is 4.66. The normalized spacial score (nSPS) is 22.7. The van der Waals surface area contributed by atoms with Crippen LogP contribution in [0.25, 0.3) is 0 Å². The number of aromatic nitrogens is 4. The van der Waals surface area contributed by atoms with Gasteiger partial charge in [-0.05, 0) is 83.2 Å². The summed E-state index contributed by atoms with van der Waals surface area (Å²) in [5.41, 5.74) is 5.36. The summed E-state index contributed by atoms with van der Waals surface area (Å²) in [7, 11) is 2.07. The average Bonchev–Trinajstić information content (AvgIpc) is 3.46. The van der Waals surface area contributed by atoms with E-state index in [4.69, 9.17) is 0 Å². The second-order valence-corrected chi connectivity index (χ2v) is 9.73. The molecule has 4 nitrogen and oxygen atoms in total. The lowest BCUT2D eigenvalue weighted by molar-refractivity contribution is 0.699. The maximum Gasteiger partial charge on any atom is 0.0800 e. The van der Waals surface area contributed by atoms with Crippen LogP contribution in [0.5, 0.6) is 0 Å². The van der Waals surface area contributed by atoms with Crippen molar-refractivity contribution in [3.8, 4) is 0 Å². The first kappa shape index (κ1) is 16.5. The number of rotatable bonds is 4. The first-order valence-corrected chi connectivity index (χ1v) is 11.2. The summed E-state index contributed by atoms with van der Waals surface area (Å²) in [6.07, 6.45) is 10.7. The number of hydrogen-bond donors (Lipinski definition) is 1.